The Bertz CT molecular complexity index is 1140. The van der Waals surface area contributed by atoms with E-state index in [0.717, 1.165) is 18.5 Å². The summed E-state index contributed by atoms with van der Waals surface area (Å²) >= 11 is 0. The van der Waals surface area contributed by atoms with Crippen LogP contribution in [0.3, 0.4) is 0 Å². The van der Waals surface area contributed by atoms with Crippen LogP contribution >= 0.6 is 0 Å². The molecule has 1 N–H and O–H groups in total. The summed E-state index contributed by atoms with van der Waals surface area (Å²) in [6.45, 7) is 3.99. The molecule has 5 rings (SSSR count). The van der Waals surface area contributed by atoms with Crippen LogP contribution in [0, 0.1) is 5.82 Å². The first-order valence-corrected chi connectivity index (χ1v) is 11.9. The third-order valence-corrected chi connectivity index (χ3v) is 7.35. The summed E-state index contributed by atoms with van der Waals surface area (Å²) in [6.07, 6.45) is 3.18. The van der Waals surface area contributed by atoms with Gasteiger partial charge in [-0.2, -0.15) is 0 Å². The fourth-order valence-electron chi connectivity index (χ4n) is 5.52. The quantitative estimate of drug-likeness (QED) is 0.702. The van der Waals surface area contributed by atoms with E-state index >= 15 is 0 Å². The SMILES string of the molecule is CC(=O)c1ccc(N2CCN(CC(=O)N3c4ccccc4NC(=O)C34CCCC4)CC2)c(F)c1. The maximum atomic E-state index is 14.6. The lowest BCUT2D eigenvalue weighted by Gasteiger charge is -2.45. The highest BCUT2D eigenvalue weighted by atomic mass is 19.1. The number of ketones is 1. The number of fused-ring (bicyclic) bond motifs is 1. The van der Waals surface area contributed by atoms with Gasteiger partial charge in [-0.25, -0.2) is 4.39 Å². The van der Waals surface area contributed by atoms with Crippen LogP contribution in [-0.2, 0) is 9.59 Å². The molecule has 2 aromatic rings. The first-order chi connectivity index (χ1) is 16.4. The lowest BCUT2D eigenvalue weighted by Crippen LogP contribution is -2.62. The Morgan fingerprint density at radius 1 is 1.00 bits per heavy atom. The molecule has 34 heavy (non-hydrogen) atoms. The Morgan fingerprint density at radius 2 is 1.71 bits per heavy atom. The van der Waals surface area contributed by atoms with E-state index in [2.05, 4.69) is 10.2 Å². The van der Waals surface area contributed by atoms with Crippen LogP contribution in [0.1, 0.15) is 43.0 Å². The highest BCUT2D eigenvalue weighted by molar-refractivity contribution is 6.15. The van der Waals surface area contributed by atoms with Crippen molar-refractivity contribution in [2.24, 2.45) is 0 Å². The van der Waals surface area contributed by atoms with Crippen molar-refractivity contribution in [3.8, 4) is 0 Å². The zero-order chi connectivity index (χ0) is 23.9. The molecule has 0 radical (unpaired) electrons. The van der Waals surface area contributed by atoms with Gasteiger partial charge >= 0.3 is 0 Å². The normalized spacial score (nSPS) is 19.8. The van der Waals surface area contributed by atoms with Gasteiger partial charge in [0.2, 0.25) is 5.91 Å². The Hall–Kier alpha value is -3.26. The van der Waals surface area contributed by atoms with Crippen molar-refractivity contribution in [2.75, 3.05) is 47.8 Å². The number of carbonyl (C=O) groups excluding carboxylic acids is 3. The lowest BCUT2D eigenvalue weighted by molar-refractivity contribution is -0.128. The molecule has 1 saturated carbocycles. The molecular weight excluding hydrogens is 435 g/mol. The number of hydrogen-bond donors (Lipinski definition) is 1. The van der Waals surface area contributed by atoms with Crippen LogP contribution in [0.2, 0.25) is 0 Å². The Balaban J connectivity index is 1.30. The van der Waals surface area contributed by atoms with E-state index in [1.165, 1.54) is 13.0 Å². The van der Waals surface area contributed by atoms with Gasteiger partial charge in [0.25, 0.3) is 5.91 Å². The molecule has 3 aliphatic rings. The number of piperazine rings is 1. The molecule has 2 fully saturated rings. The molecule has 0 aromatic heterocycles. The summed E-state index contributed by atoms with van der Waals surface area (Å²) in [4.78, 5) is 44.0. The number of para-hydroxylation sites is 2. The molecule has 2 amide bonds. The van der Waals surface area contributed by atoms with Gasteiger partial charge in [-0.1, -0.05) is 25.0 Å². The number of hydrogen-bond acceptors (Lipinski definition) is 5. The van der Waals surface area contributed by atoms with Gasteiger partial charge < -0.3 is 10.2 Å². The predicted molar refractivity (Wildman–Crippen MR) is 129 cm³/mol. The largest absolute Gasteiger partial charge is 0.367 e. The van der Waals surface area contributed by atoms with E-state index in [1.807, 2.05) is 29.2 Å². The van der Waals surface area contributed by atoms with Gasteiger partial charge in [0, 0.05) is 31.7 Å². The second kappa shape index (κ2) is 8.83. The van der Waals surface area contributed by atoms with E-state index in [0.29, 0.717) is 56.0 Å². The zero-order valence-electron chi connectivity index (χ0n) is 19.3. The number of carbonyl (C=O) groups is 3. The third-order valence-electron chi connectivity index (χ3n) is 7.35. The molecule has 0 bridgehead atoms. The summed E-state index contributed by atoms with van der Waals surface area (Å²) in [5, 5.41) is 3.01. The van der Waals surface area contributed by atoms with Gasteiger partial charge in [0.05, 0.1) is 23.6 Å². The highest BCUT2D eigenvalue weighted by Crippen LogP contribution is 2.45. The third kappa shape index (κ3) is 3.86. The molecule has 2 aromatic carbocycles. The van der Waals surface area contributed by atoms with Gasteiger partial charge in [0.15, 0.2) is 5.78 Å². The molecule has 178 valence electrons. The first-order valence-electron chi connectivity index (χ1n) is 11.9. The lowest BCUT2D eigenvalue weighted by atomic mass is 9.89. The van der Waals surface area contributed by atoms with Gasteiger partial charge in [-0.15, -0.1) is 0 Å². The smallest absolute Gasteiger partial charge is 0.250 e. The molecule has 7 nitrogen and oxygen atoms in total. The van der Waals surface area contributed by atoms with Crippen molar-refractivity contribution < 1.29 is 18.8 Å². The van der Waals surface area contributed by atoms with Gasteiger partial charge in [-0.3, -0.25) is 24.2 Å². The number of rotatable bonds is 4. The minimum absolute atomic E-state index is 0.0744. The number of Topliss-reactive ketones (excluding diaryl/α,β-unsaturated/α-hetero) is 1. The van der Waals surface area contributed by atoms with Crippen LogP contribution in [0.5, 0.6) is 0 Å². The van der Waals surface area contributed by atoms with E-state index < -0.39 is 11.4 Å². The van der Waals surface area contributed by atoms with E-state index in [1.54, 1.807) is 17.0 Å². The molecule has 0 atom stereocenters. The van der Waals surface area contributed by atoms with Crippen LogP contribution < -0.4 is 15.1 Å². The second-order valence-electron chi connectivity index (χ2n) is 9.42. The number of benzene rings is 2. The van der Waals surface area contributed by atoms with Crippen LogP contribution in [-0.4, -0.2) is 60.8 Å². The van der Waals surface area contributed by atoms with E-state index in [4.69, 9.17) is 0 Å². The van der Waals surface area contributed by atoms with E-state index in [-0.39, 0.29) is 24.1 Å². The fourth-order valence-corrected chi connectivity index (χ4v) is 5.52. The first kappa shape index (κ1) is 22.5. The molecule has 1 saturated heterocycles. The maximum Gasteiger partial charge on any atom is 0.250 e. The average Bonchev–Trinajstić information content (AvgIpc) is 3.31. The second-order valence-corrected chi connectivity index (χ2v) is 9.42. The molecular formula is C26H29FN4O3. The van der Waals surface area contributed by atoms with Crippen LogP contribution in [0.15, 0.2) is 42.5 Å². The number of nitrogens with zero attached hydrogens (tertiary/aromatic N) is 3. The summed E-state index contributed by atoms with van der Waals surface area (Å²) in [7, 11) is 0. The summed E-state index contributed by atoms with van der Waals surface area (Å²) in [5.74, 6) is -0.737. The van der Waals surface area contributed by atoms with Gasteiger partial charge in [0.1, 0.15) is 11.4 Å². The van der Waals surface area contributed by atoms with Crippen molar-refractivity contribution in [3.05, 3.63) is 53.8 Å². The van der Waals surface area contributed by atoms with Gasteiger partial charge in [-0.05, 0) is 50.1 Å². The average molecular weight is 465 g/mol. The number of nitrogens with one attached hydrogen (secondary N) is 1. The number of halogens is 1. The Kier molecular flexibility index (Phi) is 5.85. The minimum atomic E-state index is -0.811. The van der Waals surface area contributed by atoms with Crippen molar-refractivity contribution in [1.82, 2.24) is 4.90 Å². The maximum absolute atomic E-state index is 14.6. The molecule has 1 aliphatic carbocycles. The summed E-state index contributed by atoms with van der Waals surface area (Å²) in [6, 6.07) is 12.1. The van der Waals surface area contributed by atoms with Crippen molar-refractivity contribution in [3.63, 3.8) is 0 Å². The molecule has 0 unspecified atom stereocenters. The zero-order valence-corrected chi connectivity index (χ0v) is 19.3. The minimum Gasteiger partial charge on any atom is -0.367 e. The standard InChI is InChI=1S/C26H29FN4O3/c1-18(32)19-8-9-22(20(27)16-19)30-14-12-29(13-15-30)17-24(33)31-23-7-3-2-6-21(23)28-25(34)26(31)10-4-5-11-26/h2-3,6-9,16H,4-5,10-15,17H2,1H3,(H,28,34). The van der Waals surface area contributed by atoms with E-state index in [9.17, 15) is 18.8 Å². The monoisotopic (exact) mass is 464 g/mol. The topological polar surface area (TPSA) is 73.0 Å². The van der Waals surface area contributed by atoms with Crippen molar-refractivity contribution in [2.45, 2.75) is 38.1 Å². The number of amides is 2. The van der Waals surface area contributed by atoms with Crippen LogP contribution in [0.4, 0.5) is 21.5 Å². The predicted octanol–water partition coefficient (Wildman–Crippen LogP) is 3.45. The summed E-state index contributed by atoms with van der Waals surface area (Å²) < 4.78 is 14.6. The van der Waals surface area contributed by atoms with Crippen LogP contribution in [0.25, 0.3) is 0 Å². The summed E-state index contributed by atoms with van der Waals surface area (Å²) in [5.41, 5.74) is 1.46. The molecule has 2 heterocycles. The Labute approximate surface area is 198 Å². The number of anilines is 3. The van der Waals surface area contributed by atoms with Crippen molar-refractivity contribution >= 4 is 34.7 Å². The van der Waals surface area contributed by atoms with Crippen molar-refractivity contribution in [1.29, 1.82) is 0 Å². The Morgan fingerprint density at radius 3 is 2.38 bits per heavy atom. The molecule has 1 spiro atoms. The molecule has 2 aliphatic heterocycles. The fraction of sp³-hybridized carbons (Fsp3) is 0.423. The molecule has 8 heteroatoms. The highest BCUT2D eigenvalue weighted by Gasteiger charge is 2.52.